The summed E-state index contributed by atoms with van der Waals surface area (Å²) >= 11 is 6.20. The third kappa shape index (κ3) is 3.10. The molecule has 1 fully saturated rings. The van der Waals surface area contributed by atoms with Crippen molar-refractivity contribution in [3.63, 3.8) is 0 Å². The fraction of sp³-hybridized carbons (Fsp3) is 0.500. The largest absolute Gasteiger partial charge is 0.506 e. The predicted octanol–water partition coefficient (Wildman–Crippen LogP) is 4.22. The first-order chi connectivity index (χ1) is 11.0. The highest BCUT2D eigenvalue weighted by molar-refractivity contribution is 6.33. The zero-order valence-corrected chi connectivity index (χ0v) is 14.3. The molecule has 3 rings (SSSR count). The summed E-state index contributed by atoms with van der Waals surface area (Å²) in [4.78, 5) is 14.1. The lowest BCUT2D eigenvalue weighted by Crippen LogP contribution is -2.38. The number of halogens is 1. The second kappa shape index (κ2) is 6.54. The molecule has 4 nitrogen and oxygen atoms in total. The van der Waals surface area contributed by atoms with Crippen LogP contribution in [0.5, 0.6) is 5.75 Å². The average Bonchev–Trinajstić information content (AvgIpc) is 2.53. The summed E-state index contributed by atoms with van der Waals surface area (Å²) in [7, 11) is 0. The number of aromatic hydroxyl groups is 1. The van der Waals surface area contributed by atoms with E-state index >= 15 is 0 Å². The van der Waals surface area contributed by atoms with Gasteiger partial charge in [0.05, 0.1) is 10.6 Å². The monoisotopic (exact) mass is 335 g/mol. The molecule has 1 N–H and O–H groups in total. The Bertz CT molecular complexity index is 784. The Balaban J connectivity index is 2.12. The highest BCUT2D eigenvalue weighted by Gasteiger charge is 2.24. The third-order valence-corrected chi connectivity index (χ3v) is 5.13. The second-order valence-corrected chi connectivity index (χ2v) is 6.75. The van der Waals surface area contributed by atoms with Gasteiger partial charge in [-0.15, -0.1) is 0 Å². The van der Waals surface area contributed by atoms with Gasteiger partial charge in [0.2, 0.25) is 0 Å². The highest BCUT2D eigenvalue weighted by atomic mass is 35.5. The van der Waals surface area contributed by atoms with Crippen LogP contribution in [0.15, 0.2) is 21.3 Å². The second-order valence-electron chi connectivity index (χ2n) is 6.34. The molecule has 1 saturated heterocycles. The maximum absolute atomic E-state index is 11.8. The predicted molar refractivity (Wildman–Crippen MR) is 92.2 cm³/mol. The number of hydrogen-bond acceptors (Lipinski definition) is 4. The van der Waals surface area contributed by atoms with Gasteiger partial charge in [0.1, 0.15) is 11.3 Å². The van der Waals surface area contributed by atoms with Crippen LogP contribution in [0.4, 0.5) is 0 Å². The molecule has 2 heterocycles. The zero-order valence-electron chi connectivity index (χ0n) is 13.6. The van der Waals surface area contributed by atoms with E-state index in [0.717, 1.165) is 30.3 Å². The minimum absolute atomic E-state index is 0.0216. The Kier molecular flexibility index (Phi) is 4.64. The van der Waals surface area contributed by atoms with Crippen LogP contribution in [-0.2, 0) is 6.54 Å². The zero-order chi connectivity index (χ0) is 16.6. The van der Waals surface area contributed by atoms with Gasteiger partial charge in [-0.05, 0) is 44.4 Å². The maximum atomic E-state index is 11.8. The van der Waals surface area contributed by atoms with Crippen LogP contribution in [0, 0.1) is 6.92 Å². The number of piperidine rings is 1. The first-order valence-corrected chi connectivity index (χ1v) is 8.58. The lowest BCUT2D eigenvalue weighted by molar-refractivity contribution is 0.135. The number of fused-ring (bicyclic) bond motifs is 1. The van der Waals surface area contributed by atoms with Gasteiger partial charge in [0, 0.05) is 24.0 Å². The summed E-state index contributed by atoms with van der Waals surface area (Å²) in [5.41, 5.74) is 1.49. The number of aryl methyl sites for hydroxylation is 1. The normalized spacial score (nSPS) is 19.3. The average molecular weight is 336 g/mol. The molecule has 0 amide bonds. The minimum atomic E-state index is -0.399. The Morgan fingerprint density at radius 3 is 2.91 bits per heavy atom. The topological polar surface area (TPSA) is 53.7 Å². The molecule has 124 valence electrons. The first kappa shape index (κ1) is 16.3. The molecule has 2 aromatic rings. The fourth-order valence-corrected chi connectivity index (χ4v) is 3.77. The number of rotatable bonds is 3. The number of benzene rings is 1. The van der Waals surface area contributed by atoms with Gasteiger partial charge in [-0.3, -0.25) is 4.90 Å². The molecule has 0 radical (unpaired) electrons. The van der Waals surface area contributed by atoms with Crippen LogP contribution >= 0.6 is 11.6 Å². The van der Waals surface area contributed by atoms with Crippen molar-refractivity contribution in [3.8, 4) is 5.75 Å². The standard InChI is InChI=1S/C18H22ClNO3/c1-3-12-6-4-5-7-20(12)10-14-17(22)15(19)9-13-11(2)8-16(21)23-18(13)14/h8-9,12,22H,3-7,10H2,1-2H3/t12-/m1/s1. The Hall–Kier alpha value is -1.52. The van der Waals surface area contributed by atoms with E-state index in [1.54, 1.807) is 6.07 Å². The summed E-state index contributed by atoms with van der Waals surface area (Å²) in [5, 5.41) is 11.5. The molecule has 23 heavy (non-hydrogen) atoms. The van der Waals surface area contributed by atoms with E-state index in [1.165, 1.54) is 18.9 Å². The van der Waals surface area contributed by atoms with Gasteiger partial charge in [-0.2, -0.15) is 0 Å². The molecule has 0 aliphatic carbocycles. The van der Waals surface area contributed by atoms with Crippen molar-refractivity contribution in [2.45, 2.75) is 52.1 Å². The number of phenolic OH excluding ortho intramolecular Hbond substituents is 1. The summed E-state index contributed by atoms with van der Waals surface area (Å²) in [6.07, 6.45) is 4.63. The van der Waals surface area contributed by atoms with Crippen molar-refractivity contribution in [2.75, 3.05) is 6.54 Å². The van der Waals surface area contributed by atoms with E-state index in [-0.39, 0.29) is 5.75 Å². The highest BCUT2D eigenvalue weighted by Crippen LogP contribution is 2.37. The lowest BCUT2D eigenvalue weighted by Gasteiger charge is -2.35. The summed E-state index contributed by atoms with van der Waals surface area (Å²) in [5.74, 6) is 0.0216. The first-order valence-electron chi connectivity index (χ1n) is 8.20. The molecule has 1 aromatic heterocycles. The molecular weight excluding hydrogens is 314 g/mol. The van der Waals surface area contributed by atoms with Crippen LogP contribution in [0.3, 0.4) is 0 Å². The molecule has 5 heteroatoms. The van der Waals surface area contributed by atoms with E-state index in [9.17, 15) is 9.90 Å². The van der Waals surface area contributed by atoms with Crippen LogP contribution in [0.25, 0.3) is 11.0 Å². The van der Waals surface area contributed by atoms with Gasteiger partial charge < -0.3 is 9.52 Å². The van der Waals surface area contributed by atoms with E-state index < -0.39 is 5.63 Å². The van der Waals surface area contributed by atoms with E-state index in [0.29, 0.717) is 28.8 Å². The SMILES string of the molecule is CC[C@@H]1CCCCN1Cc1c(O)c(Cl)cc2c(C)cc(=O)oc12. The van der Waals surface area contributed by atoms with Gasteiger partial charge >= 0.3 is 5.63 Å². The third-order valence-electron chi connectivity index (χ3n) is 4.85. The Morgan fingerprint density at radius 1 is 1.39 bits per heavy atom. The van der Waals surface area contributed by atoms with Crippen molar-refractivity contribution in [3.05, 3.63) is 38.7 Å². The van der Waals surface area contributed by atoms with Gasteiger partial charge in [-0.25, -0.2) is 4.79 Å². The molecule has 1 aliphatic rings. The van der Waals surface area contributed by atoms with Crippen LogP contribution < -0.4 is 5.63 Å². The lowest BCUT2D eigenvalue weighted by atomic mass is 9.98. The fourth-order valence-electron chi connectivity index (χ4n) is 3.55. The summed E-state index contributed by atoms with van der Waals surface area (Å²) in [6, 6.07) is 3.62. The van der Waals surface area contributed by atoms with Crippen molar-refractivity contribution in [2.24, 2.45) is 0 Å². The Labute approximate surface area is 140 Å². The van der Waals surface area contributed by atoms with Crippen molar-refractivity contribution in [1.29, 1.82) is 0 Å². The van der Waals surface area contributed by atoms with Gasteiger partial charge in [0.25, 0.3) is 0 Å². The summed E-state index contributed by atoms with van der Waals surface area (Å²) < 4.78 is 5.42. The van der Waals surface area contributed by atoms with Crippen LogP contribution in [-0.4, -0.2) is 22.6 Å². The van der Waals surface area contributed by atoms with Gasteiger partial charge in [0.15, 0.2) is 0 Å². The van der Waals surface area contributed by atoms with Crippen molar-refractivity contribution in [1.82, 2.24) is 4.90 Å². The molecule has 1 atom stereocenters. The van der Waals surface area contributed by atoms with E-state index in [1.807, 2.05) is 6.92 Å². The van der Waals surface area contributed by atoms with Crippen LogP contribution in [0.2, 0.25) is 5.02 Å². The smallest absolute Gasteiger partial charge is 0.336 e. The van der Waals surface area contributed by atoms with Crippen molar-refractivity contribution < 1.29 is 9.52 Å². The number of likely N-dealkylation sites (tertiary alicyclic amines) is 1. The number of hydrogen-bond donors (Lipinski definition) is 1. The summed E-state index contributed by atoms with van der Waals surface area (Å²) in [6.45, 7) is 5.57. The quantitative estimate of drug-likeness (QED) is 0.853. The molecule has 0 bridgehead atoms. The van der Waals surface area contributed by atoms with E-state index in [4.69, 9.17) is 16.0 Å². The molecule has 0 spiro atoms. The van der Waals surface area contributed by atoms with Crippen LogP contribution in [0.1, 0.15) is 43.7 Å². The molecular formula is C18H22ClNO3. The molecule has 0 unspecified atom stereocenters. The van der Waals surface area contributed by atoms with Gasteiger partial charge in [-0.1, -0.05) is 24.9 Å². The maximum Gasteiger partial charge on any atom is 0.336 e. The molecule has 1 aliphatic heterocycles. The number of phenols is 1. The van der Waals surface area contributed by atoms with Crippen molar-refractivity contribution >= 4 is 22.6 Å². The molecule has 1 aromatic carbocycles. The Morgan fingerprint density at radius 2 is 2.17 bits per heavy atom. The van der Waals surface area contributed by atoms with E-state index in [2.05, 4.69) is 11.8 Å². The number of nitrogens with zero attached hydrogens (tertiary/aromatic N) is 1. The minimum Gasteiger partial charge on any atom is -0.506 e. The molecule has 0 saturated carbocycles.